The van der Waals surface area contributed by atoms with Crippen molar-refractivity contribution in [3.63, 3.8) is 0 Å². The molecule has 5 rings (SSSR count). The van der Waals surface area contributed by atoms with E-state index in [-0.39, 0.29) is 18.0 Å². The third-order valence-electron chi connectivity index (χ3n) is 7.43. The maximum atomic E-state index is 12.7. The molecule has 0 radical (unpaired) electrons. The highest BCUT2D eigenvalue weighted by molar-refractivity contribution is 5.94. The predicted octanol–water partition coefficient (Wildman–Crippen LogP) is 2.65. The molecular weight excluding hydrogens is 432 g/mol. The van der Waals surface area contributed by atoms with Crippen LogP contribution in [-0.4, -0.2) is 63.2 Å². The summed E-state index contributed by atoms with van der Waals surface area (Å²) in [5.41, 5.74) is 2.82. The van der Waals surface area contributed by atoms with Crippen LogP contribution in [-0.2, 0) is 17.9 Å². The number of aromatic nitrogens is 1. The molecule has 1 spiro atoms. The number of aryl methyl sites for hydroxylation is 1. The summed E-state index contributed by atoms with van der Waals surface area (Å²) in [6.45, 7) is 5.70. The first kappa shape index (κ1) is 22.8. The molecule has 180 valence electrons. The molecule has 2 atom stereocenters. The second-order valence-corrected chi connectivity index (χ2v) is 9.46. The first-order valence-electron chi connectivity index (χ1n) is 12.1. The Kier molecular flexibility index (Phi) is 6.29. The lowest BCUT2D eigenvalue weighted by molar-refractivity contribution is -0.120. The second kappa shape index (κ2) is 9.37. The lowest BCUT2D eigenvalue weighted by atomic mass is 9.82. The molecule has 3 aromatic rings. The van der Waals surface area contributed by atoms with Gasteiger partial charge in [0.2, 0.25) is 5.91 Å². The topological polar surface area (TPSA) is 91.0 Å². The number of aliphatic hydroxyl groups excluding tert-OH is 1. The van der Waals surface area contributed by atoms with E-state index in [1.54, 1.807) is 22.8 Å². The molecule has 1 amide bonds. The number of fused-ring (bicyclic) bond motifs is 1. The fourth-order valence-electron chi connectivity index (χ4n) is 5.67. The minimum atomic E-state index is -0.500. The molecule has 34 heavy (non-hydrogen) atoms. The van der Waals surface area contributed by atoms with Gasteiger partial charge in [-0.2, -0.15) is 0 Å². The Morgan fingerprint density at radius 3 is 2.76 bits per heavy atom. The van der Waals surface area contributed by atoms with Gasteiger partial charge in [-0.1, -0.05) is 30.3 Å². The smallest absolute Gasteiger partial charge is 0.408 e. The number of piperidine rings is 1. The van der Waals surface area contributed by atoms with Crippen LogP contribution < -0.4 is 11.1 Å². The Labute approximate surface area is 198 Å². The number of oxazole rings is 1. The summed E-state index contributed by atoms with van der Waals surface area (Å²) in [7, 11) is 0. The highest BCUT2D eigenvalue weighted by Gasteiger charge is 2.49. The third kappa shape index (κ3) is 4.29. The zero-order valence-corrected chi connectivity index (χ0v) is 19.6. The third-order valence-corrected chi connectivity index (χ3v) is 7.43. The average molecular weight is 465 g/mol. The van der Waals surface area contributed by atoms with E-state index in [1.165, 1.54) is 5.56 Å². The van der Waals surface area contributed by atoms with Crippen molar-refractivity contribution in [2.75, 3.05) is 31.5 Å². The summed E-state index contributed by atoms with van der Waals surface area (Å²) in [6, 6.07) is 15.7. The number of nitrogens with one attached hydrogen (secondary N) is 1. The van der Waals surface area contributed by atoms with Crippen LogP contribution in [0.2, 0.25) is 0 Å². The molecule has 8 nitrogen and oxygen atoms in total. The highest BCUT2D eigenvalue weighted by atomic mass is 16.4. The van der Waals surface area contributed by atoms with E-state index in [9.17, 15) is 14.7 Å². The SMILES string of the molecule is CCn1c(=O)oc2cc(NC(=O)CN3CC[C@@]4(CCCN4Cc4ccccc4)[C@@H](O)C3)ccc21. The van der Waals surface area contributed by atoms with E-state index in [1.807, 2.05) is 17.9 Å². The average Bonchev–Trinajstić information content (AvgIpc) is 3.36. The number of hydrogen-bond acceptors (Lipinski definition) is 6. The molecule has 0 aliphatic carbocycles. The molecule has 8 heteroatoms. The number of likely N-dealkylation sites (tertiary alicyclic amines) is 2. The first-order valence-corrected chi connectivity index (χ1v) is 12.1. The van der Waals surface area contributed by atoms with Gasteiger partial charge in [0, 0.05) is 43.5 Å². The molecule has 1 aromatic heterocycles. The summed E-state index contributed by atoms with van der Waals surface area (Å²) in [5, 5.41) is 14.1. The normalized spacial score (nSPS) is 23.6. The van der Waals surface area contributed by atoms with Gasteiger partial charge in [-0.05, 0) is 50.4 Å². The van der Waals surface area contributed by atoms with Crippen LogP contribution in [0, 0.1) is 0 Å². The van der Waals surface area contributed by atoms with E-state index in [0.717, 1.165) is 38.9 Å². The first-order chi connectivity index (χ1) is 16.5. The number of benzene rings is 2. The van der Waals surface area contributed by atoms with Crippen LogP contribution in [0.15, 0.2) is 57.7 Å². The molecule has 2 fully saturated rings. The fourth-order valence-corrected chi connectivity index (χ4v) is 5.67. The van der Waals surface area contributed by atoms with Crippen molar-refractivity contribution in [1.29, 1.82) is 0 Å². The molecular formula is C26H32N4O4. The maximum absolute atomic E-state index is 12.7. The number of hydrogen-bond donors (Lipinski definition) is 2. The maximum Gasteiger partial charge on any atom is 0.419 e. The van der Waals surface area contributed by atoms with E-state index in [0.29, 0.717) is 29.9 Å². The lowest BCUT2D eigenvalue weighted by Gasteiger charge is -2.48. The number of carbonyl (C=O) groups excluding carboxylic acids is 1. The summed E-state index contributed by atoms with van der Waals surface area (Å²) >= 11 is 0. The van der Waals surface area contributed by atoms with Crippen molar-refractivity contribution < 1.29 is 14.3 Å². The standard InChI is InChI=1S/C26H32N4O4/c1-2-30-21-10-9-20(15-22(21)34-25(30)33)27-24(32)18-28-14-12-26(23(31)17-28)11-6-13-29(26)16-19-7-4-3-5-8-19/h3-5,7-10,15,23,31H,2,6,11-14,16-18H2,1H3,(H,27,32)/t23-,26-/m0/s1. The van der Waals surface area contributed by atoms with Crippen LogP contribution in [0.3, 0.4) is 0 Å². The van der Waals surface area contributed by atoms with Crippen LogP contribution in [0.25, 0.3) is 11.1 Å². The van der Waals surface area contributed by atoms with Crippen molar-refractivity contribution in [2.24, 2.45) is 0 Å². The Balaban J connectivity index is 1.20. The van der Waals surface area contributed by atoms with Gasteiger partial charge in [-0.15, -0.1) is 0 Å². The van der Waals surface area contributed by atoms with Gasteiger partial charge in [0.1, 0.15) is 0 Å². The van der Waals surface area contributed by atoms with Crippen molar-refractivity contribution in [2.45, 2.75) is 50.9 Å². The second-order valence-electron chi connectivity index (χ2n) is 9.46. The van der Waals surface area contributed by atoms with Crippen LogP contribution in [0.5, 0.6) is 0 Å². The number of aliphatic hydroxyl groups is 1. The van der Waals surface area contributed by atoms with Crippen LogP contribution in [0.1, 0.15) is 31.7 Å². The molecule has 0 unspecified atom stereocenters. The number of amides is 1. The summed E-state index contributed by atoms with van der Waals surface area (Å²) in [6.07, 6.45) is 2.42. The fraction of sp³-hybridized carbons (Fsp3) is 0.462. The quantitative estimate of drug-likeness (QED) is 0.583. The molecule has 2 aliphatic rings. The zero-order chi connectivity index (χ0) is 23.7. The summed E-state index contributed by atoms with van der Waals surface area (Å²) in [5.74, 6) is -0.544. The van der Waals surface area contributed by atoms with E-state index < -0.39 is 11.9 Å². The van der Waals surface area contributed by atoms with Crippen molar-refractivity contribution >= 4 is 22.7 Å². The van der Waals surface area contributed by atoms with Crippen LogP contribution in [0.4, 0.5) is 5.69 Å². The number of β-amino-alcohol motifs (C(OH)–C–C–N with tert-alkyl or cyclic N) is 1. The molecule has 2 aliphatic heterocycles. The number of rotatable bonds is 6. The minimum absolute atomic E-state index is 0.146. The van der Waals surface area contributed by atoms with Gasteiger partial charge >= 0.3 is 5.76 Å². The Morgan fingerprint density at radius 2 is 2.00 bits per heavy atom. The van der Waals surface area contributed by atoms with Gasteiger partial charge in [0.15, 0.2) is 5.58 Å². The van der Waals surface area contributed by atoms with Gasteiger partial charge < -0.3 is 14.8 Å². The monoisotopic (exact) mass is 464 g/mol. The Morgan fingerprint density at radius 1 is 1.18 bits per heavy atom. The zero-order valence-electron chi connectivity index (χ0n) is 19.6. The predicted molar refractivity (Wildman–Crippen MR) is 131 cm³/mol. The molecule has 0 saturated carbocycles. The Hall–Kier alpha value is -2.94. The molecule has 2 aromatic carbocycles. The highest BCUT2D eigenvalue weighted by Crippen LogP contribution is 2.39. The van der Waals surface area contributed by atoms with Crippen molar-refractivity contribution in [1.82, 2.24) is 14.4 Å². The van der Waals surface area contributed by atoms with Gasteiger partial charge in [-0.25, -0.2) is 4.79 Å². The number of carbonyl (C=O) groups is 1. The minimum Gasteiger partial charge on any atom is -0.408 e. The van der Waals surface area contributed by atoms with E-state index in [2.05, 4.69) is 34.5 Å². The molecule has 3 heterocycles. The van der Waals surface area contributed by atoms with E-state index in [4.69, 9.17) is 4.42 Å². The summed E-state index contributed by atoms with van der Waals surface area (Å²) in [4.78, 5) is 29.1. The molecule has 0 bridgehead atoms. The molecule has 2 N–H and O–H groups in total. The van der Waals surface area contributed by atoms with Gasteiger partial charge in [-0.3, -0.25) is 19.2 Å². The van der Waals surface area contributed by atoms with Crippen molar-refractivity contribution in [3.8, 4) is 0 Å². The number of nitrogens with zero attached hydrogens (tertiary/aromatic N) is 3. The van der Waals surface area contributed by atoms with E-state index >= 15 is 0 Å². The van der Waals surface area contributed by atoms with Gasteiger partial charge in [0.05, 0.1) is 18.2 Å². The largest absolute Gasteiger partial charge is 0.419 e. The Bertz CT molecular complexity index is 1220. The van der Waals surface area contributed by atoms with Crippen LogP contribution >= 0.6 is 0 Å². The van der Waals surface area contributed by atoms with Gasteiger partial charge in [0.25, 0.3) is 0 Å². The molecule has 2 saturated heterocycles. The number of anilines is 1. The summed E-state index contributed by atoms with van der Waals surface area (Å²) < 4.78 is 6.84. The van der Waals surface area contributed by atoms with Crippen molar-refractivity contribution in [3.05, 3.63) is 64.6 Å². The lowest BCUT2D eigenvalue weighted by Crippen LogP contribution is -2.61.